The summed E-state index contributed by atoms with van der Waals surface area (Å²) in [5.74, 6) is 0.667. The Balaban J connectivity index is 1.74. The fraction of sp³-hybridized carbons (Fsp3) is 0. The molecule has 0 saturated carbocycles. The minimum atomic E-state index is -0.455. The molecule has 0 aliphatic carbocycles. The van der Waals surface area contributed by atoms with E-state index in [1.165, 1.54) is 29.7 Å². The molecule has 0 bridgehead atoms. The van der Waals surface area contributed by atoms with E-state index in [2.05, 4.69) is 15.2 Å². The van der Waals surface area contributed by atoms with Crippen molar-refractivity contribution in [2.45, 2.75) is 0 Å². The lowest BCUT2D eigenvalue weighted by molar-refractivity contribution is 0.426. The molecule has 7 nitrogen and oxygen atoms in total. The predicted octanol–water partition coefficient (Wildman–Crippen LogP) is 3.26. The highest BCUT2D eigenvalue weighted by atomic mass is 35.5. The molecular formula is C18H12ClN5O2. The summed E-state index contributed by atoms with van der Waals surface area (Å²) < 4.78 is 5.90. The summed E-state index contributed by atoms with van der Waals surface area (Å²) in [4.78, 5) is 18.7. The average Bonchev–Trinajstić information content (AvgIpc) is 3.19. The number of nitrogens with zero attached hydrogens (tertiary/aromatic N) is 5. The second-order valence-electron chi connectivity index (χ2n) is 5.31. The van der Waals surface area contributed by atoms with Crippen LogP contribution in [0.1, 0.15) is 0 Å². The van der Waals surface area contributed by atoms with Gasteiger partial charge >= 0.3 is 5.56 Å². The highest BCUT2D eigenvalue weighted by molar-refractivity contribution is 6.30. The third-order valence-corrected chi connectivity index (χ3v) is 3.91. The van der Waals surface area contributed by atoms with E-state index in [-0.39, 0.29) is 5.75 Å². The molecule has 0 amide bonds. The number of ether oxygens (including phenoxy) is 1. The fourth-order valence-electron chi connectivity index (χ4n) is 2.45. The Morgan fingerprint density at radius 2 is 1.73 bits per heavy atom. The maximum absolute atomic E-state index is 12.6. The molecule has 2 aromatic carbocycles. The van der Waals surface area contributed by atoms with Crippen LogP contribution in [-0.4, -0.2) is 24.8 Å². The summed E-state index contributed by atoms with van der Waals surface area (Å²) >= 11 is 5.96. The first-order valence-corrected chi connectivity index (χ1v) is 8.06. The lowest BCUT2D eigenvalue weighted by Gasteiger charge is -2.12. The smallest absolute Gasteiger partial charge is 0.331 e. The van der Waals surface area contributed by atoms with Crippen LogP contribution in [0.25, 0.3) is 11.1 Å². The summed E-state index contributed by atoms with van der Waals surface area (Å²) in [6, 6.07) is 16.3. The molecule has 128 valence electrons. The molecule has 0 N–H and O–H groups in total. The molecular weight excluding hydrogens is 354 g/mol. The fourth-order valence-corrected chi connectivity index (χ4v) is 2.58. The molecule has 0 atom stereocenters. The van der Waals surface area contributed by atoms with Crippen LogP contribution in [0.3, 0.4) is 0 Å². The van der Waals surface area contributed by atoms with Crippen molar-refractivity contribution in [2.75, 3.05) is 0 Å². The van der Waals surface area contributed by atoms with Gasteiger partial charge in [-0.2, -0.15) is 5.10 Å². The number of hydrogen-bond donors (Lipinski definition) is 0. The zero-order valence-electron chi connectivity index (χ0n) is 13.4. The Hall–Kier alpha value is -3.45. The van der Waals surface area contributed by atoms with Gasteiger partial charge in [-0.05, 0) is 23.8 Å². The van der Waals surface area contributed by atoms with E-state index in [1.54, 1.807) is 18.2 Å². The second kappa shape index (κ2) is 6.81. The molecule has 4 aromatic rings. The Labute approximate surface area is 153 Å². The number of benzene rings is 2. The molecule has 0 saturated heterocycles. The van der Waals surface area contributed by atoms with Gasteiger partial charge in [-0.15, -0.1) is 14.7 Å². The summed E-state index contributed by atoms with van der Waals surface area (Å²) in [6.07, 6.45) is 4.15. The van der Waals surface area contributed by atoms with Crippen molar-refractivity contribution in [1.82, 2.24) is 24.8 Å². The van der Waals surface area contributed by atoms with Gasteiger partial charge in [0.15, 0.2) is 5.75 Å². The van der Waals surface area contributed by atoms with Gasteiger partial charge in [0, 0.05) is 16.7 Å². The normalized spacial score (nSPS) is 10.7. The SMILES string of the molecule is O=c1c(Oc2ccccc2-c2ccc(Cl)cc2)ccnn1-n1cncn1. The van der Waals surface area contributed by atoms with E-state index in [1.807, 2.05) is 30.3 Å². The zero-order valence-corrected chi connectivity index (χ0v) is 14.1. The van der Waals surface area contributed by atoms with Crippen molar-refractivity contribution < 1.29 is 4.74 Å². The molecule has 26 heavy (non-hydrogen) atoms. The molecule has 0 radical (unpaired) electrons. The van der Waals surface area contributed by atoms with Gasteiger partial charge in [0.25, 0.3) is 0 Å². The molecule has 2 heterocycles. The first kappa shape index (κ1) is 16.0. The topological polar surface area (TPSA) is 74.8 Å². The van der Waals surface area contributed by atoms with Gasteiger partial charge < -0.3 is 4.74 Å². The van der Waals surface area contributed by atoms with E-state index in [0.29, 0.717) is 10.8 Å². The third kappa shape index (κ3) is 3.07. The largest absolute Gasteiger partial charge is 0.451 e. The van der Waals surface area contributed by atoms with Gasteiger partial charge in [-0.1, -0.05) is 41.9 Å². The van der Waals surface area contributed by atoms with E-state index in [4.69, 9.17) is 16.3 Å². The van der Waals surface area contributed by atoms with Gasteiger partial charge in [0.1, 0.15) is 18.4 Å². The standard InChI is InChI=1S/C18H12ClN5O2/c19-14-7-5-13(6-8-14)15-3-1-2-4-16(15)26-17-9-10-21-24(18(17)25)23-12-20-11-22-23/h1-12H. The number of aromatic nitrogens is 5. The summed E-state index contributed by atoms with van der Waals surface area (Å²) in [6.45, 7) is 0. The third-order valence-electron chi connectivity index (χ3n) is 3.66. The number of hydrogen-bond acceptors (Lipinski definition) is 5. The van der Waals surface area contributed by atoms with Crippen molar-refractivity contribution >= 4 is 11.6 Å². The van der Waals surface area contributed by atoms with Crippen LogP contribution in [0.15, 0.2) is 78.2 Å². The molecule has 0 unspecified atom stereocenters. The monoisotopic (exact) mass is 365 g/mol. The number of halogens is 1. The Bertz CT molecular complexity index is 1090. The van der Waals surface area contributed by atoms with Crippen molar-refractivity contribution in [3.05, 3.63) is 88.8 Å². The van der Waals surface area contributed by atoms with Crippen molar-refractivity contribution in [2.24, 2.45) is 0 Å². The first-order valence-electron chi connectivity index (χ1n) is 7.69. The van der Waals surface area contributed by atoms with Crippen molar-refractivity contribution in [3.8, 4) is 22.6 Å². The van der Waals surface area contributed by atoms with Crippen LogP contribution < -0.4 is 10.3 Å². The highest BCUT2D eigenvalue weighted by Crippen LogP contribution is 2.32. The van der Waals surface area contributed by atoms with E-state index < -0.39 is 5.56 Å². The van der Waals surface area contributed by atoms with Gasteiger partial charge in [0.2, 0.25) is 0 Å². The van der Waals surface area contributed by atoms with E-state index in [9.17, 15) is 4.79 Å². The van der Waals surface area contributed by atoms with Gasteiger partial charge in [0.05, 0.1) is 6.20 Å². The number of para-hydroxylation sites is 1. The summed E-state index contributed by atoms with van der Waals surface area (Å²) in [7, 11) is 0. The average molecular weight is 366 g/mol. The quantitative estimate of drug-likeness (QED) is 0.555. The van der Waals surface area contributed by atoms with Crippen LogP contribution >= 0.6 is 11.6 Å². The molecule has 4 rings (SSSR count). The molecule has 8 heteroatoms. The van der Waals surface area contributed by atoms with Crippen molar-refractivity contribution in [3.63, 3.8) is 0 Å². The van der Waals surface area contributed by atoms with Crippen LogP contribution in [0, 0.1) is 0 Å². The van der Waals surface area contributed by atoms with E-state index >= 15 is 0 Å². The van der Waals surface area contributed by atoms with Crippen LogP contribution in [0.4, 0.5) is 0 Å². The number of rotatable bonds is 4. The minimum Gasteiger partial charge on any atom is -0.451 e. The lowest BCUT2D eigenvalue weighted by atomic mass is 10.0. The maximum Gasteiger partial charge on any atom is 0.331 e. The van der Waals surface area contributed by atoms with Gasteiger partial charge in [-0.25, -0.2) is 4.98 Å². The molecule has 0 aliphatic heterocycles. The Kier molecular flexibility index (Phi) is 4.20. The van der Waals surface area contributed by atoms with Gasteiger partial charge in [-0.3, -0.25) is 4.79 Å². The Morgan fingerprint density at radius 3 is 2.50 bits per heavy atom. The predicted molar refractivity (Wildman–Crippen MR) is 96.3 cm³/mol. The Morgan fingerprint density at radius 1 is 0.923 bits per heavy atom. The molecule has 2 aromatic heterocycles. The zero-order chi connectivity index (χ0) is 17.9. The minimum absolute atomic E-state index is 0.122. The molecule has 0 fully saturated rings. The second-order valence-corrected chi connectivity index (χ2v) is 5.75. The lowest BCUT2D eigenvalue weighted by Crippen LogP contribution is -2.29. The van der Waals surface area contributed by atoms with Crippen molar-refractivity contribution in [1.29, 1.82) is 0 Å². The van der Waals surface area contributed by atoms with Crippen LogP contribution in [0.2, 0.25) is 5.02 Å². The maximum atomic E-state index is 12.6. The molecule has 0 spiro atoms. The summed E-state index contributed by atoms with van der Waals surface area (Å²) in [5.41, 5.74) is 1.31. The highest BCUT2D eigenvalue weighted by Gasteiger charge is 2.12. The first-order chi connectivity index (χ1) is 12.7. The van der Waals surface area contributed by atoms with Crippen LogP contribution in [0.5, 0.6) is 11.5 Å². The molecule has 0 aliphatic rings. The summed E-state index contributed by atoms with van der Waals surface area (Å²) in [5, 5.41) is 8.54. The van der Waals surface area contributed by atoms with Crippen LogP contribution in [-0.2, 0) is 0 Å². The van der Waals surface area contributed by atoms with E-state index in [0.717, 1.165) is 15.9 Å².